The lowest BCUT2D eigenvalue weighted by Crippen LogP contribution is -2.25. The van der Waals surface area contributed by atoms with Crippen LogP contribution in [0.4, 0.5) is 4.39 Å². The Kier molecular flexibility index (Phi) is 5.62. The predicted octanol–water partition coefficient (Wildman–Crippen LogP) is 3.79. The van der Waals surface area contributed by atoms with Gasteiger partial charge < -0.3 is 4.52 Å². The summed E-state index contributed by atoms with van der Waals surface area (Å²) in [5, 5.41) is 3.90. The Bertz CT molecular complexity index is 1050. The monoisotopic (exact) mass is 403 g/mol. The van der Waals surface area contributed by atoms with Crippen molar-refractivity contribution < 1.29 is 17.3 Å². The molecule has 3 aromatic rings. The van der Waals surface area contributed by atoms with Gasteiger partial charge in [0.1, 0.15) is 5.82 Å². The number of benzene rings is 2. The number of halogens is 1. The maximum atomic E-state index is 13.6. The third-order valence-electron chi connectivity index (χ3n) is 4.22. The van der Waals surface area contributed by atoms with E-state index < -0.39 is 21.6 Å². The van der Waals surface area contributed by atoms with Gasteiger partial charge in [0, 0.05) is 11.1 Å². The van der Waals surface area contributed by atoms with Crippen LogP contribution in [0.15, 0.2) is 53.1 Å². The summed E-state index contributed by atoms with van der Waals surface area (Å²) in [4.78, 5) is 4.22. The van der Waals surface area contributed by atoms with E-state index in [1.165, 1.54) is 23.8 Å². The van der Waals surface area contributed by atoms with Crippen molar-refractivity contribution in [3.8, 4) is 11.4 Å². The van der Waals surface area contributed by atoms with Crippen LogP contribution in [0.3, 0.4) is 0 Å². The molecule has 0 radical (unpaired) electrons. The minimum absolute atomic E-state index is 0.0391. The molecule has 0 atom stereocenters. The highest BCUT2D eigenvalue weighted by molar-refractivity contribution is 7.88. The van der Waals surface area contributed by atoms with Crippen LogP contribution in [0.5, 0.6) is 0 Å². The first-order valence-corrected chi connectivity index (χ1v) is 10.4. The molecule has 6 nitrogen and oxygen atoms in total. The lowest BCUT2D eigenvalue weighted by atomic mass is 9.87. The van der Waals surface area contributed by atoms with Gasteiger partial charge >= 0.3 is 0 Å². The zero-order valence-electron chi connectivity index (χ0n) is 15.9. The fourth-order valence-electron chi connectivity index (χ4n) is 2.61. The molecular formula is C20H22FN3O3S. The van der Waals surface area contributed by atoms with Crippen LogP contribution < -0.4 is 4.72 Å². The van der Waals surface area contributed by atoms with Crippen LogP contribution in [0.1, 0.15) is 37.8 Å². The molecule has 0 aliphatic rings. The third-order valence-corrected chi connectivity index (χ3v) is 5.50. The van der Waals surface area contributed by atoms with Crippen LogP contribution in [0, 0.1) is 5.82 Å². The number of aromatic nitrogens is 2. The Morgan fingerprint density at radius 1 is 1.07 bits per heavy atom. The van der Waals surface area contributed by atoms with Gasteiger partial charge in [-0.25, -0.2) is 17.5 Å². The second-order valence-electron chi connectivity index (χ2n) is 7.51. The van der Waals surface area contributed by atoms with Crippen molar-refractivity contribution in [2.75, 3.05) is 0 Å². The number of nitrogens with one attached hydrogen (secondary N) is 1. The minimum Gasteiger partial charge on any atom is -0.338 e. The Morgan fingerprint density at radius 3 is 2.39 bits per heavy atom. The van der Waals surface area contributed by atoms with Gasteiger partial charge in [0.15, 0.2) is 0 Å². The number of sulfonamides is 1. The van der Waals surface area contributed by atoms with E-state index in [4.69, 9.17) is 4.52 Å². The Balaban J connectivity index is 1.65. The molecule has 0 fully saturated rings. The number of hydrogen-bond acceptors (Lipinski definition) is 5. The van der Waals surface area contributed by atoms with Gasteiger partial charge in [-0.2, -0.15) is 4.98 Å². The molecule has 2 aromatic carbocycles. The molecule has 0 bridgehead atoms. The maximum Gasteiger partial charge on any atom is 0.242 e. The highest BCUT2D eigenvalue weighted by Gasteiger charge is 2.17. The number of nitrogens with zero attached hydrogens (tertiary/aromatic N) is 2. The topological polar surface area (TPSA) is 85.1 Å². The summed E-state index contributed by atoms with van der Waals surface area (Å²) in [6, 6.07) is 13.6. The van der Waals surface area contributed by atoms with Crippen molar-refractivity contribution in [1.82, 2.24) is 14.9 Å². The van der Waals surface area contributed by atoms with Crippen LogP contribution in [-0.4, -0.2) is 18.6 Å². The third kappa shape index (κ3) is 5.02. The van der Waals surface area contributed by atoms with E-state index in [2.05, 4.69) is 35.6 Å². The number of hydrogen-bond donors (Lipinski definition) is 1. The van der Waals surface area contributed by atoms with Crippen molar-refractivity contribution in [2.24, 2.45) is 0 Å². The summed E-state index contributed by atoms with van der Waals surface area (Å²) >= 11 is 0. The lowest BCUT2D eigenvalue weighted by Gasteiger charge is -2.18. The molecule has 0 spiro atoms. The Morgan fingerprint density at radius 2 is 1.75 bits per heavy atom. The van der Waals surface area contributed by atoms with Crippen LogP contribution >= 0.6 is 0 Å². The summed E-state index contributed by atoms with van der Waals surface area (Å²) in [5.74, 6) is -0.517. The first-order valence-electron chi connectivity index (χ1n) is 8.78. The summed E-state index contributed by atoms with van der Waals surface area (Å²) in [6.07, 6.45) is 0. The molecule has 148 valence electrons. The van der Waals surface area contributed by atoms with E-state index in [9.17, 15) is 12.8 Å². The van der Waals surface area contributed by atoms with Crippen molar-refractivity contribution >= 4 is 10.0 Å². The maximum absolute atomic E-state index is 13.6. The summed E-state index contributed by atoms with van der Waals surface area (Å²) in [6.45, 7) is 6.22. The van der Waals surface area contributed by atoms with Gasteiger partial charge in [0.05, 0.1) is 12.3 Å². The number of rotatable bonds is 6. The predicted molar refractivity (Wildman–Crippen MR) is 104 cm³/mol. The Hall–Kier alpha value is -2.58. The van der Waals surface area contributed by atoms with Gasteiger partial charge in [0.2, 0.25) is 21.7 Å². The van der Waals surface area contributed by atoms with E-state index in [0.29, 0.717) is 5.82 Å². The fourth-order valence-corrected chi connectivity index (χ4v) is 3.70. The normalized spacial score (nSPS) is 12.3. The molecule has 0 saturated carbocycles. The molecule has 0 unspecified atom stereocenters. The lowest BCUT2D eigenvalue weighted by molar-refractivity contribution is 0.376. The van der Waals surface area contributed by atoms with Crippen LogP contribution in [-0.2, 0) is 27.7 Å². The molecule has 3 rings (SSSR count). The summed E-state index contributed by atoms with van der Waals surface area (Å²) in [7, 11) is -3.75. The molecule has 28 heavy (non-hydrogen) atoms. The molecule has 8 heteroatoms. The van der Waals surface area contributed by atoms with Gasteiger partial charge in [0.25, 0.3) is 0 Å². The average Bonchev–Trinajstić information content (AvgIpc) is 3.11. The largest absolute Gasteiger partial charge is 0.338 e. The van der Waals surface area contributed by atoms with E-state index in [1.807, 2.05) is 24.3 Å². The Labute approximate surface area is 163 Å². The van der Waals surface area contributed by atoms with Crippen molar-refractivity contribution in [2.45, 2.75) is 38.5 Å². The molecule has 0 aliphatic carbocycles. The SMILES string of the molecule is CC(C)(C)c1ccc(-c2noc(CNS(=O)(=O)Cc3ccccc3F)n2)cc1. The molecule has 1 aromatic heterocycles. The molecule has 0 saturated heterocycles. The zero-order valence-corrected chi connectivity index (χ0v) is 16.8. The van der Waals surface area contributed by atoms with Crippen molar-refractivity contribution in [1.29, 1.82) is 0 Å². The fraction of sp³-hybridized carbons (Fsp3) is 0.300. The van der Waals surface area contributed by atoms with Gasteiger partial charge in [-0.3, -0.25) is 0 Å². The zero-order chi connectivity index (χ0) is 20.4. The molecule has 0 aliphatic heterocycles. The van der Waals surface area contributed by atoms with Crippen LogP contribution in [0.2, 0.25) is 0 Å². The molecule has 1 N–H and O–H groups in total. The summed E-state index contributed by atoms with van der Waals surface area (Å²) in [5.41, 5.74) is 2.09. The van der Waals surface area contributed by atoms with Gasteiger partial charge in [-0.1, -0.05) is 68.4 Å². The van der Waals surface area contributed by atoms with Crippen molar-refractivity contribution in [3.63, 3.8) is 0 Å². The summed E-state index contributed by atoms with van der Waals surface area (Å²) < 4.78 is 45.5. The van der Waals surface area contributed by atoms with E-state index >= 15 is 0 Å². The molecular weight excluding hydrogens is 381 g/mol. The van der Waals surface area contributed by atoms with E-state index in [-0.39, 0.29) is 23.4 Å². The molecule has 1 heterocycles. The smallest absolute Gasteiger partial charge is 0.242 e. The minimum atomic E-state index is -3.75. The second kappa shape index (κ2) is 7.81. The second-order valence-corrected chi connectivity index (χ2v) is 9.32. The standard InChI is InChI=1S/C20H22FN3O3S/c1-20(2,3)16-10-8-14(9-11-16)19-23-18(27-24-19)12-22-28(25,26)13-15-6-4-5-7-17(15)21/h4-11,22H,12-13H2,1-3H3. The van der Waals surface area contributed by atoms with E-state index in [0.717, 1.165) is 5.56 Å². The van der Waals surface area contributed by atoms with Gasteiger partial charge in [-0.15, -0.1) is 0 Å². The first kappa shape index (κ1) is 20.2. The van der Waals surface area contributed by atoms with Gasteiger partial charge in [-0.05, 0) is 17.0 Å². The quantitative estimate of drug-likeness (QED) is 0.677. The van der Waals surface area contributed by atoms with Crippen LogP contribution in [0.25, 0.3) is 11.4 Å². The van der Waals surface area contributed by atoms with E-state index in [1.54, 1.807) is 6.07 Å². The average molecular weight is 403 g/mol. The highest BCUT2D eigenvalue weighted by Crippen LogP contribution is 2.25. The first-order chi connectivity index (χ1) is 13.1. The highest BCUT2D eigenvalue weighted by atomic mass is 32.2. The molecule has 0 amide bonds. The van der Waals surface area contributed by atoms with Crippen molar-refractivity contribution in [3.05, 3.63) is 71.4 Å².